The highest BCUT2D eigenvalue weighted by Crippen LogP contribution is 2.29. The van der Waals surface area contributed by atoms with Crippen molar-refractivity contribution in [3.05, 3.63) is 36.7 Å². The Morgan fingerprint density at radius 2 is 2.12 bits per heavy atom. The molecule has 1 unspecified atom stereocenters. The first-order valence-corrected chi connectivity index (χ1v) is 8.76. The van der Waals surface area contributed by atoms with E-state index in [9.17, 15) is 4.39 Å². The van der Waals surface area contributed by atoms with Gasteiger partial charge in [0.2, 0.25) is 0 Å². The van der Waals surface area contributed by atoms with Gasteiger partial charge in [-0.05, 0) is 50.5 Å². The van der Waals surface area contributed by atoms with Gasteiger partial charge < -0.3 is 14.8 Å². The summed E-state index contributed by atoms with van der Waals surface area (Å²) in [6.45, 7) is 3.22. The van der Waals surface area contributed by atoms with Crippen molar-refractivity contribution in [1.82, 2.24) is 19.5 Å². The Morgan fingerprint density at radius 1 is 1.27 bits per heavy atom. The highest BCUT2D eigenvalue weighted by Gasteiger charge is 2.21. The zero-order valence-corrected chi connectivity index (χ0v) is 14.5. The first-order valence-electron chi connectivity index (χ1n) is 8.76. The number of fused-ring (bicyclic) bond motifs is 1. The molecule has 0 radical (unpaired) electrons. The average Bonchev–Trinajstić information content (AvgIpc) is 3.08. The van der Waals surface area contributed by atoms with Gasteiger partial charge >= 0.3 is 6.08 Å². The number of rotatable bonds is 5. The number of nitrogens with zero attached hydrogens (tertiary/aromatic N) is 4. The summed E-state index contributed by atoms with van der Waals surface area (Å²) < 4.78 is 27.0. The van der Waals surface area contributed by atoms with Gasteiger partial charge in [0, 0.05) is 12.3 Å². The van der Waals surface area contributed by atoms with Crippen molar-refractivity contribution in [3.8, 4) is 5.75 Å². The molecule has 2 aromatic heterocycles. The van der Waals surface area contributed by atoms with E-state index in [1.54, 1.807) is 10.9 Å². The van der Waals surface area contributed by atoms with Crippen LogP contribution in [0, 0.1) is 6.08 Å². The predicted molar refractivity (Wildman–Crippen MR) is 95.0 cm³/mol. The van der Waals surface area contributed by atoms with Crippen molar-refractivity contribution < 1.29 is 13.9 Å². The molecule has 1 N–H and O–H groups in total. The van der Waals surface area contributed by atoms with Crippen molar-refractivity contribution in [2.24, 2.45) is 0 Å². The van der Waals surface area contributed by atoms with Crippen LogP contribution in [0.2, 0.25) is 0 Å². The number of imidazole rings is 1. The fraction of sp³-hybridized carbons (Fsp3) is 0.389. The van der Waals surface area contributed by atoms with Gasteiger partial charge in [0.1, 0.15) is 12.0 Å². The summed E-state index contributed by atoms with van der Waals surface area (Å²) in [5, 5.41) is 3.11. The first-order chi connectivity index (χ1) is 12.7. The molecule has 0 amide bonds. The van der Waals surface area contributed by atoms with Gasteiger partial charge in [-0.1, -0.05) is 0 Å². The van der Waals surface area contributed by atoms with E-state index in [4.69, 9.17) is 9.47 Å². The van der Waals surface area contributed by atoms with Gasteiger partial charge in [0.15, 0.2) is 17.0 Å². The molecule has 8 heteroatoms. The van der Waals surface area contributed by atoms with Gasteiger partial charge in [0.25, 0.3) is 0 Å². The molecule has 3 heterocycles. The fourth-order valence-electron chi connectivity index (χ4n) is 3.07. The predicted octanol–water partition coefficient (Wildman–Crippen LogP) is 3.81. The summed E-state index contributed by atoms with van der Waals surface area (Å²) in [4.78, 5) is 12.2. The van der Waals surface area contributed by atoms with Crippen LogP contribution in [-0.2, 0) is 4.74 Å². The Hall–Kier alpha value is -2.74. The van der Waals surface area contributed by atoms with Crippen LogP contribution in [0.25, 0.3) is 11.2 Å². The molecule has 136 valence electrons. The van der Waals surface area contributed by atoms with Crippen molar-refractivity contribution in [1.29, 1.82) is 0 Å². The van der Waals surface area contributed by atoms with E-state index in [1.807, 2.05) is 31.2 Å². The lowest BCUT2D eigenvalue weighted by atomic mass is 10.2. The van der Waals surface area contributed by atoms with Crippen LogP contribution in [-0.4, -0.2) is 32.7 Å². The van der Waals surface area contributed by atoms with Crippen LogP contribution in [0.15, 0.2) is 30.6 Å². The molecule has 1 saturated heterocycles. The van der Waals surface area contributed by atoms with E-state index in [-0.39, 0.29) is 6.23 Å². The Labute approximate surface area is 150 Å². The lowest BCUT2D eigenvalue weighted by Crippen LogP contribution is -2.18. The molecular formula is C18H20FN5O2. The molecule has 0 bridgehead atoms. The maximum Gasteiger partial charge on any atom is 0.312 e. The summed E-state index contributed by atoms with van der Waals surface area (Å²) >= 11 is 0. The molecule has 1 aliphatic rings. The van der Waals surface area contributed by atoms with Crippen molar-refractivity contribution in [2.45, 2.75) is 32.4 Å². The quantitative estimate of drug-likeness (QED) is 0.700. The smallest absolute Gasteiger partial charge is 0.312 e. The number of benzene rings is 1. The summed E-state index contributed by atoms with van der Waals surface area (Å²) in [5.41, 5.74) is 1.70. The van der Waals surface area contributed by atoms with Crippen molar-refractivity contribution in [2.75, 3.05) is 18.5 Å². The third-order valence-corrected chi connectivity index (χ3v) is 4.29. The zero-order valence-electron chi connectivity index (χ0n) is 14.5. The van der Waals surface area contributed by atoms with Gasteiger partial charge in [0.05, 0.1) is 12.9 Å². The van der Waals surface area contributed by atoms with Crippen LogP contribution in [0.1, 0.15) is 32.4 Å². The van der Waals surface area contributed by atoms with E-state index in [1.165, 1.54) is 0 Å². The fourth-order valence-corrected chi connectivity index (χ4v) is 3.07. The number of ether oxygens (including phenoxy) is 2. The average molecular weight is 357 g/mol. The maximum absolute atomic E-state index is 14.0. The second-order valence-electron chi connectivity index (χ2n) is 6.07. The standard InChI is InChI=1S/C18H20FN5O2/c1-2-25-13-8-6-12(7-9-13)21-16-15-17(23-18(19)22-16)24(11-20-15)14-5-3-4-10-26-14/h6-9,11,14H,2-5,10H2,1H3,(H,21,22,23). The van der Waals surface area contributed by atoms with Crippen LogP contribution in [0.5, 0.6) is 5.75 Å². The largest absolute Gasteiger partial charge is 0.494 e. The molecule has 1 aromatic carbocycles. The van der Waals surface area contributed by atoms with Crippen LogP contribution < -0.4 is 10.1 Å². The number of hydrogen-bond donors (Lipinski definition) is 1. The number of nitrogens with one attached hydrogen (secondary N) is 1. The molecular weight excluding hydrogens is 337 g/mol. The van der Waals surface area contributed by atoms with E-state index < -0.39 is 6.08 Å². The minimum atomic E-state index is -0.802. The maximum atomic E-state index is 14.0. The van der Waals surface area contributed by atoms with E-state index >= 15 is 0 Å². The van der Waals surface area contributed by atoms with Crippen LogP contribution in [0.3, 0.4) is 0 Å². The molecule has 3 aromatic rings. The molecule has 0 saturated carbocycles. The Kier molecular flexibility index (Phi) is 4.66. The molecule has 0 spiro atoms. The summed E-state index contributed by atoms with van der Waals surface area (Å²) in [6, 6.07) is 7.38. The topological polar surface area (TPSA) is 74.1 Å². The Morgan fingerprint density at radius 3 is 2.85 bits per heavy atom. The van der Waals surface area contributed by atoms with Gasteiger partial charge in [-0.2, -0.15) is 14.4 Å². The minimum Gasteiger partial charge on any atom is -0.494 e. The lowest BCUT2D eigenvalue weighted by molar-refractivity contribution is -0.0298. The Bertz CT molecular complexity index is 890. The van der Waals surface area contributed by atoms with Crippen LogP contribution >= 0.6 is 0 Å². The van der Waals surface area contributed by atoms with Gasteiger partial charge in [-0.3, -0.25) is 4.57 Å². The third-order valence-electron chi connectivity index (χ3n) is 4.29. The van der Waals surface area contributed by atoms with E-state index in [2.05, 4.69) is 20.3 Å². The number of hydrogen-bond acceptors (Lipinski definition) is 6. The highest BCUT2D eigenvalue weighted by molar-refractivity contribution is 5.85. The lowest BCUT2D eigenvalue weighted by Gasteiger charge is -2.23. The summed E-state index contributed by atoms with van der Waals surface area (Å²) in [6.07, 6.45) is 3.63. The third kappa shape index (κ3) is 3.32. The normalized spacial score (nSPS) is 17.4. The first kappa shape index (κ1) is 16.7. The van der Waals surface area contributed by atoms with E-state index in [0.717, 1.165) is 30.7 Å². The molecule has 1 aliphatic heterocycles. The molecule has 4 rings (SSSR count). The second-order valence-corrected chi connectivity index (χ2v) is 6.07. The molecule has 7 nitrogen and oxygen atoms in total. The summed E-state index contributed by atoms with van der Waals surface area (Å²) in [7, 11) is 0. The molecule has 1 fully saturated rings. The number of anilines is 2. The SMILES string of the molecule is CCOc1ccc(Nc2nc(F)nc3c2ncn3C2CCCCO2)cc1. The van der Waals surface area contributed by atoms with Gasteiger partial charge in [-0.15, -0.1) is 0 Å². The highest BCUT2D eigenvalue weighted by atomic mass is 19.1. The van der Waals surface area contributed by atoms with Gasteiger partial charge in [-0.25, -0.2) is 4.98 Å². The second kappa shape index (κ2) is 7.25. The van der Waals surface area contributed by atoms with Crippen molar-refractivity contribution >= 4 is 22.7 Å². The molecule has 1 atom stereocenters. The monoisotopic (exact) mass is 357 g/mol. The van der Waals surface area contributed by atoms with E-state index in [0.29, 0.717) is 30.2 Å². The molecule has 0 aliphatic carbocycles. The van der Waals surface area contributed by atoms with Crippen LogP contribution in [0.4, 0.5) is 15.9 Å². The molecule has 26 heavy (non-hydrogen) atoms. The Balaban J connectivity index is 1.65. The zero-order chi connectivity index (χ0) is 17.9. The number of halogens is 1. The minimum absolute atomic E-state index is 0.165. The summed E-state index contributed by atoms with van der Waals surface area (Å²) in [5.74, 6) is 1.10. The van der Waals surface area contributed by atoms with Crippen molar-refractivity contribution in [3.63, 3.8) is 0 Å². The number of aromatic nitrogens is 4.